The number of nitrogens with one attached hydrogen (secondary N) is 2. The summed E-state index contributed by atoms with van der Waals surface area (Å²) >= 11 is 0. The summed E-state index contributed by atoms with van der Waals surface area (Å²) in [5.41, 5.74) is 2.00. The Bertz CT molecular complexity index is 590. The summed E-state index contributed by atoms with van der Waals surface area (Å²) in [5, 5.41) is 4.95. The highest BCUT2D eigenvalue weighted by Crippen LogP contribution is 2.20. The maximum Gasteiger partial charge on any atom is 0.259 e. The molecule has 0 unspecified atom stereocenters. The molecule has 19 heavy (non-hydrogen) atoms. The second-order valence-corrected chi connectivity index (χ2v) is 4.41. The van der Waals surface area contributed by atoms with Crippen molar-refractivity contribution in [2.24, 2.45) is 0 Å². The van der Waals surface area contributed by atoms with Gasteiger partial charge in [-0.05, 0) is 25.0 Å². The predicted molar refractivity (Wildman–Crippen MR) is 69.8 cm³/mol. The first kappa shape index (κ1) is 13.0. The normalized spacial score (nSPS) is 12.9. The van der Waals surface area contributed by atoms with Gasteiger partial charge in [-0.1, -0.05) is 18.7 Å². The van der Waals surface area contributed by atoms with Gasteiger partial charge in [-0.2, -0.15) is 0 Å². The monoisotopic (exact) mass is 258 g/mol. The van der Waals surface area contributed by atoms with Gasteiger partial charge in [0.15, 0.2) is 0 Å². The lowest BCUT2D eigenvalue weighted by Crippen LogP contribution is -2.26. The van der Waals surface area contributed by atoms with Gasteiger partial charge in [-0.15, -0.1) is 0 Å². The predicted octanol–water partition coefficient (Wildman–Crippen LogP) is 0.805. The van der Waals surface area contributed by atoms with Gasteiger partial charge in [0.05, 0.1) is 11.1 Å². The van der Waals surface area contributed by atoms with E-state index in [-0.39, 0.29) is 17.7 Å². The average Bonchev–Trinajstić information content (AvgIpc) is 2.65. The van der Waals surface area contributed by atoms with Crippen LogP contribution in [0.2, 0.25) is 0 Å². The second-order valence-electron chi connectivity index (χ2n) is 4.41. The molecule has 0 atom stereocenters. The molecule has 1 aliphatic rings. The average molecular weight is 258 g/mol. The minimum Gasteiger partial charge on any atom is -0.352 e. The van der Waals surface area contributed by atoms with Crippen molar-refractivity contribution in [2.75, 3.05) is 6.54 Å². The number of hydrogen-bond donors (Lipinski definition) is 2. The smallest absolute Gasteiger partial charge is 0.259 e. The first-order valence-corrected chi connectivity index (χ1v) is 5.92. The second kappa shape index (κ2) is 5.06. The summed E-state index contributed by atoms with van der Waals surface area (Å²) in [5.74, 6) is -0.956. The van der Waals surface area contributed by atoms with Gasteiger partial charge in [0.1, 0.15) is 0 Å². The fraction of sp³-hybridized carbons (Fsp3) is 0.214. The molecule has 0 saturated carbocycles. The molecule has 1 aromatic carbocycles. The van der Waals surface area contributed by atoms with Crippen LogP contribution in [0.4, 0.5) is 0 Å². The van der Waals surface area contributed by atoms with Crippen LogP contribution in [0, 0.1) is 0 Å². The van der Waals surface area contributed by atoms with Gasteiger partial charge in [0.2, 0.25) is 5.91 Å². The van der Waals surface area contributed by atoms with E-state index in [1.165, 1.54) is 0 Å². The number of rotatable bonds is 4. The van der Waals surface area contributed by atoms with Crippen LogP contribution < -0.4 is 10.6 Å². The third kappa shape index (κ3) is 2.54. The Balaban J connectivity index is 2.11. The molecule has 5 heteroatoms. The summed E-state index contributed by atoms with van der Waals surface area (Å²) in [7, 11) is 0. The van der Waals surface area contributed by atoms with Crippen LogP contribution in [0.1, 0.15) is 33.2 Å². The maximum atomic E-state index is 11.7. The van der Waals surface area contributed by atoms with E-state index in [1.54, 1.807) is 25.1 Å². The molecular formula is C14H14N2O3. The highest BCUT2D eigenvalue weighted by Gasteiger charge is 2.28. The van der Waals surface area contributed by atoms with Crippen molar-refractivity contribution in [3.05, 3.63) is 47.0 Å². The molecule has 0 spiro atoms. The summed E-state index contributed by atoms with van der Waals surface area (Å²) in [6.45, 7) is 5.56. The van der Waals surface area contributed by atoms with Crippen molar-refractivity contribution < 1.29 is 14.4 Å². The summed E-state index contributed by atoms with van der Waals surface area (Å²) in [6, 6.07) is 5.13. The Hall–Kier alpha value is -2.43. The van der Waals surface area contributed by atoms with Crippen LogP contribution in [0.15, 0.2) is 30.4 Å². The zero-order chi connectivity index (χ0) is 14.0. The van der Waals surface area contributed by atoms with Crippen molar-refractivity contribution in [2.45, 2.75) is 13.3 Å². The van der Waals surface area contributed by atoms with Crippen LogP contribution in [-0.2, 0) is 11.2 Å². The van der Waals surface area contributed by atoms with Gasteiger partial charge in [-0.25, -0.2) is 0 Å². The van der Waals surface area contributed by atoms with Crippen LogP contribution in [0.25, 0.3) is 0 Å². The Morgan fingerprint density at radius 2 is 2.05 bits per heavy atom. The van der Waals surface area contributed by atoms with E-state index < -0.39 is 0 Å². The lowest BCUT2D eigenvalue weighted by atomic mass is 10.0. The molecule has 98 valence electrons. The zero-order valence-electron chi connectivity index (χ0n) is 10.6. The third-order valence-corrected chi connectivity index (χ3v) is 2.92. The van der Waals surface area contributed by atoms with Crippen LogP contribution in [0.5, 0.6) is 0 Å². The molecule has 0 fully saturated rings. The fourth-order valence-corrected chi connectivity index (χ4v) is 1.96. The number of carbonyl (C=O) groups is 3. The molecule has 1 aromatic rings. The van der Waals surface area contributed by atoms with Gasteiger partial charge in [0, 0.05) is 12.1 Å². The number of amides is 3. The highest BCUT2D eigenvalue weighted by atomic mass is 16.2. The van der Waals surface area contributed by atoms with E-state index >= 15 is 0 Å². The van der Waals surface area contributed by atoms with E-state index in [0.29, 0.717) is 29.7 Å². The number of fused-ring (bicyclic) bond motifs is 1. The van der Waals surface area contributed by atoms with E-state index in [1.807, 2.05) is 0 Å². The van der Waals surface area contributed by atoms with E-state index in [9.17, 15) is 14.4 Å². The SMILES string of the molecule is C=C(C)C(=O)NCCc1cccc2c1C(=O)NC2=O. The lowest BCUT2D eigenvalue weighted by molar-refractivity contribution is -0.117. The number of hydrogen-bond acceptors (Lipinski definition) is 3. The highest BCUT2D eigenvalue weighted by molar-refractivity contribution is 6.22. The third-order valence-electron chi connectivity index (χ3n) is 2.92. The summed E-state index contributed by atoms with van der Waals surface area (Å²) in [6.07, 6.45) is 0.489. The molecule has 0 bridgehead atoms. The Labute approximate surface area is 110 Å². The molecule has 1 heterocycles. The van der Waals surface area contributed by atoms with Crippen molar-refractivity contribution in [3.63, 3.8) is 0 Å². The van der Waals surface area contributed by atoms with Crippen molar-refractivity contribution in [1.29, 1.82) is 0 Å². The topological polar surface area (TPSA) is 75.3 Å². The molecule has 0 saturated heterocycles. The van der Waals surface area contributed by atoms with E-state index in [2.05, 4.69) is 17.2 Å². The molecule has 3 amide bonds. The molecular weight excluding hydrogens is 244 g/mol. The standard InChI is InChI=1S/C14H14N2O3/c1-8(2)12(17)15-7-6-9-4-3-5-10-11(9)14(19)16-13(10)18/h3-5H,1,6-7H2,2H3,(H,15,17)(H,16,18,19). The lowest BCUT2D eigenvalue weighted by Gasteiger charge is -2.07. The van der Waals surface area contributed by atoms with Crippen molar-refractivity contribution in [3.8, 4) is 0 Å². The first-order chi connectivity index (χ1) is 9.00. The Morgan fingerprint density at radius 3 is 2.74 bits per heavy atom. The fourth-order valence-electron chi connectivity index (χ4n) is 1.96. The number of benzene rings is 1. The summed E-state index contributed by atoms with van der Waals surface area (Å²) < 4.78 is 0. The molecule has 2 N–H and O–H groups in total. The number of imide groups is 1. The Kier molecular flexibility index (Phi) is 3.46. The molecule has 0 radical (unpaired) electrons. The maximum absolute atomic E-state index is 11.7. The zero-order valence-corrected chi connectivity index (χ0v) is 10.6. The minimum atomic E-state index is -0.373. The van der Waals surface area contributed by atoms with Crippen molar-refractivity contribution >= 4 is 17.7 Å². The molecule has 1 aliphatic heterocycles. The van der Waals surface area contributed by atoms with Gasteiger partial charge >= 0.3 is 0 Å². The molecule has 0 aliphatic carbocycles. The number of carbonyl (C=O) groups excluding carboxylic acids is 3. The quantitative estimate of drug-likeness (QED) is 0.619. The van der Waals surface area contributed by atoms with Crippen LogP contribution >= 0.6 is 0 Å². The minimum absolute atomic E-state index is 0.215. The van der Waals surface area contributed by atoms with Crippen molar-refractivity contribution in [1.82, 2.24) is 10.6 Å². The molecule has 2 rings (SSSR count). The van der Waals surface area contributed by atoms with Crippen LogP contribution in [-0.4, -0.2) is 24.3 Å². The van der Waals surface area contributed by atoms with E-state index in [0.717, 1.165) is 5.56 Å². The molecule has 0 aromatic heterocycles. The van der Waals surface area contributed by atoms with Gasteiger partial charge in [-0.3, -0.25) is 19.7 Å². The van der Waals surface area contributed by atoms with Crippen LogP contribution in [0.3, 0.4) is 0 Å². The Morgan fingerprint density at radius 1 is 1.32 bits per heavy atom. The largest absolute Gasteiger partial charge is 0.352 e. The molecule has 5 nitrogen and oxygen atoms in total. The summed E-state index contributed by atoms with van der Waals surface area (Å²) in [4.78, 5) is 34.5. The van der Waals surface area contributed by atoms with Gasteiger partial charge < -0.3 is 5.32 Å². The van der Waals surface area contributed by atoms with Gasteiger partial charge in [0.25, 0.3) is 11.8 Å². The first-order valence-electron chi connectivity index (χ1n) is 5.92. The van der Waals surface area contributed by atoms with E-state index in [4.69, 9.17) is 0 Å².